The third-order valence-corrected chi connectivity index (χ3v) is 5.72. The van der Waals surface area contributed by atoms with Crippen LogP contribution in [-0.2, 0) is 4.79 Å². The Morgan fingerprint density at radius 2 is 1.92 bits per heavy atom. The first-order valence-electron chi connectivity index (χ1n) is 9.64. The third kappa shape index (κ3) is 4.61. The summed E-state index contributed by atoms with van der Waals surface area (Å²) >= 11 is 0. The lowest BCUT2D eigenvalue weighted by atomic mass is 9.94. The fraction of sp³-hybridized carbons (Fsp3) is 0.789. The quantitative estimate of drug-likeness (QED) is 0.795. The molecule has 0 aromatic carbocycles. The number of carbonyl (C=O) groups is 1. The minimum Gasteiger partial charge on any atom is -0.393 e. The van der Waals surface area contributed by atoms with Gasteiger partial charge in [0.15, 0.2) is 5.82 Å². The maximum Gasteiger partial charge on any atom is 0.172 e. The molecular formula is C19H31N3O3. The monoisotopic (exact) mass is 349 g/mol. The number of aliphatic hydroxyl groups excluding tert-OH is 1. The molecule has 2 aliphatic rings. The van der Waals surface area contributed by atoms with Gasteiger partial charge in [-0.05, 0) is 37.5 Å². The molecule has 2 fully saturated rings. The van der Waals surface area contributed by atoms with Gasteiger partial charge in [-0.2, -0.15) is 0 Å². The molecule has 3 rings (SSSR count). The molecule has 1 N–H and O–H groups in total. The highest BCUT2D eigenvalue weighted by atomic mass is 16.5. The summed E-state index contributed by atoms with van der Waals surface area (Å²) in [7, 11) is 0. The lowest BCUT2D eigenvalue weighted by Gasteiger charge is -2.36. The van der Waals surface area contributed by atoms with E-state index in [0.717, 1.165) is 76.4 Å². The molecule has 0 aliphatic carbocycles. The molecule has 0 bridgehead atoms. The number of aliphatic hydroxyl groups is 1. The van der Waals surface area contributed by atoms with Crippen molar-refractivity contribution in [2.45, 2.75) is 51.6 Å². The van der Waals surface area contributed by atoms with Crippen LogP contribution in [0.5, 0.6) is 0 Å². The average molecular weight is 349 g/mol. The van der Waals surface area contributed by atoms with Gasteiger partial charge < -0.3 is 24.2 Å². The van der Waals surface area contributed by atoms with Crippen molar-refractivity contribution in [3.63, 3.8) is 0 Å². The van der Waals surface area contributed by atoms with E-state index in [2.05, 4.69) is 15.0 Å². The molecule has 1 unspecified atom stereocenters. The number of hydrogen-bond donors (Lipinski definition) is 1. The molecule has 1 atom stereocenters. The number of carbonyl (C=O) groups excluding carboxylic acids is 1. The van der Waals surface area contributed by atoms with Crippen LogP contribution in [0.15, 0.2) is 10.6 Å². The fourth-order valence-corrected chi connectivity index (χ4v) is 3.95. The number of aromatic nitrogens is 1. The highest BCUT2D eigenvalue weighted by Crippen LogP contribution is 2.29. The normalized spacial score (nSPS) is 22.5. The van der Waals surface area contributed by atoms with Crippen LogP contribution in [0, 0.1) is 11.8 Å². The van der Waals surface area contributed by atoms with Crippen LogP contribution in [0.2, 0.25) is 0 Å². The first kappa shape index (κ1) is 18.4. The number of hydrogen-bond acceptors (Lipinski definition) is 6. The van der Waals surface area contributed by atoms with Crippen LogP contribution in [0.3, 0.4) is 0 Å². The van der Waals surface area contributed by atoms with Gasteiger partial charge in [0.1, 0.15) is 12.0 Å². The molecule has 1 aromatic rings. The van der Waals surface area contributed by atoms with E-state index in [4.69, 9.17) is 4.52 Å². The smallest absolute Gasteiger partial charge is 0.172 e. The Hall–Kier alpha value is -1.40. The molecule has 3 heterocycles. The minimum atomic E-state index is -0.215. The molecular weight excluding hydrogens is 318 g/mol. The molecule has 2 saturated heterocycles. The molecule has 0 saturated carbocycles. The van der Waals surface area contributed by atoms with Gasteiger partial charge in [-0.1, -0.05) is 19.0 Å². The van der Waals surface area contributed by atoms with E-state index in [1.807, 2.05) is 19.9 Å². The summed E-state index contributed by atoms with van der Waals surface area (Å²) in [6.45, 7) is 9.21. The first-order valence-corrected chi connectivity index (χ1v) is 9.64. The van der Waals surface area contributed by atoms with Crippen LogP contribution in [0.1, 0.15) is 51.2 Å². The Morgan fingerprint density at radius 1 is 1.24 bits per heavy atom. The van der Waals surface area contributed by atoms with Crippen molar-refractivity contribution in [3.8, 4) is 0 Å². The lowest BCUT2D eigenvalue weighted by molar-refractivity contribution is -0.110. The van der Waals surface area contributed by atoms with E-state index < -0.39 is 0 Å². The van der Waals surface area contributed by atoms with Crippen LogP contribution in [-0.4, -0.2) is 60.3 Å². The van der Waals surface area contributed by atoms with E-state index in [0.29, 0.717) is 5.76 Å². The Morgan fingerprint density at radius 3 is 2.52 bits per heavy atom. The van der Waals surface area contributed by atoms with Gasteiger partial charge in [0.25, 0.3) is 0 Å². The zero-order valence-corrected chi connectivity index (χ0v) is 15.4. The molecule has 140 valence electrons. The number of nitrogens with zero attached hydrogens (tertiary/aromatic N) is 3. The summed E-state index contributed by atoms with van der Waals surface area (Å²) in [6, 6.07) is 1.94. The number of likely N-dealkylation sites (tertiary alicyclic amines) is 1. The molecule has 0 radical (unpaired) electrons. The Bertz CT molecular complexity index is 544. The van der Waals surface area contributed by atoms with Crippen molar-refractivity contribution in [3.05, 3.63) is 11.8 Å². The zero-order chi connectivity index (χ0) is 17.8. The van der Waals surface area contributed by atoms with Crippen LogP contribution >= 0.6 is 0 Å². The molecule has 6 heteroatoms. The van der Waals surface area contributed by atoms with E-state index in [-0.39, 0.29) is 17.9 Å². The molecule has 6 nitrogen and oxygen atoms in total. The van der Waals surface area contributed by atoms with E-state index in [9.17, 15) is 9.90 Å². The first-order chi connectivity index (χ1) is 12.1. The van der Waals surface area contributed by atoms with Crippen LogP contribution < -0.4 is 4.90 Å². The van der Waals surface area contributed by atoms with E-state index >= 15 is 0 Å². The molecule has 25 heavy (non-hydrogen) atoms. The summed E-state index contributed by atoms with van der Waals surface area (Å²) in [4.78, 5) is 16.0. The van der Waals surface area contributed by atoms with Crippen molar-refractivity contribution < 1.29 is 14.4 Å². The van der Waals surface area contributed by atoms with Gasteiger partial charge in [0.05, 0.1) is 12.0 Å². The van der Waals surface area contributed by atoms with Crippen molar-refractivity contribution in [1.82, 2.24) is 10.1 Å². The van der Waals surface area contributed by atoms with E-state index in [1.54, 1.807) is 0 Å². The Labute approximate surface area is 150 Å². The van der Waals surface area contributed by atoms with Crippen LogP contribution in [0.4, 0.5) is 5.82 Å². The van der Waals surface area contributed by atoms with Crippen molar-refractivity contribution in [2.75, 3.05) is 37.6 Å². The highest BCUT2D eigenvalue weighted by molar-refractivity contribution is 5.61. The average Bonchev–Trinajstić information content (AvgIpc) is 3.07. The summed E-state index contributed by atoms with van der Waals surface area (Å²) in [5.41, 5.74) is 0. The van der Waals surface area contributed by atoms with Gasteiger partial charge in [-0.15, -0.1) is 0 Å². The largest absolute Gasteiger partial charge is 0.393 e. The standard InChI is InChI=1S/C19H31N3O3/c1-14(2)17(13-23)18-11-19(20-25-18)22-9-3-15(4-10-22)12-21-7-5-16(24)6-8-21/h11,13-17,24H,3-10,12H2,1-2H3. The summed E-state index contributed by atoms with van der Waals surface area (Å²) in [5, 5.41) is 13.8. The minimum absolute atomic E-state index is 0.0968. The molecule has 0 spiro atoms. The summed E-state index contributed by atoms with van der Waals surface area (Å²) in [5.74, 6) is 2.26. The number of piperidine rings is 2. The lowest BCUT2D eigenvalue weighted by Crippen LogP contribution is -2.42. The number of aldehydes is 1. The van der Waals surface area contributed by atoms with Gasteiger partial charge in [0, 0.05) is 38.8 Å². The second kappa shape index (κ2) is 8.32. The van der Waals surface area contributed by atoms with Crippen molar-refractivity contribution in [2.24, 2.45) is 11.8 Å². The van der Waals surface area contributed by atoms with Gasteiger partial charge >= 0.3 is 0 Å². The second-order valence-electron chi connectivity index (χ2n) is 7.96. The van der Waals surface area contributed by atoms with Crippen molar-refractivity contribution >= 4 is 12.1 Å². The molecule has 1 aromatic heterocycles. The maximum absolute atomic E-state index is 11.3. The Balaban J connectivity index is 1.49. The number of anilines is 1. The highest BCUT2D eigenvalue weighted by Gasteiger charge is 2.26. The zero-order valence-electron chi connectivity index (χ0n) is 15.4. The maximum atomic E-state index is 11.3. The van der Waals surface area contributed by atoms with Gasteiger partial charge in [-0.3, -0.25) is 0 Å². The molecule has 2 aliphatic heterocycles. The fourth-order valence-electron chi connectivity index (χ4n) is 3.95. The Kier molecular flexibility index (Phi) is 6.12. The summed E-state index contributed by atoms with van der Waals surface area (Å²) in [6.07, 6.45) is 4.99. The van der Waals surface area contributed by atoms with Crippen LogP contribution in [0.25, 0.3) is 0 Å². The predicted molar refractivity (Wildman–Crippen MR) is 96.8 cm³/mol. The number of rotatable bonds is 6. The predicted octanol–water partition coefficient (Wildman–Crippen LogP) is 2.29. The third-order valence-electron chi connectivity index (χ3n) is 5.72. The van der Waals surface area contributed by atoms with Gasteiger partial charge in [0.2, 0.25) is 0 Å². The topological polar surface area (TPSA) is 69.8 Å². The molecule has 0 amide bonds. The SMILES string of the molecule is CC(C)C(C=O)c1cc(N2CCC(CN3CCC(O)CC3)CC2)no1. The van der Waals surface area contributed by atoms with Gasteiger partial charge in [-0.25, -0.2) is 0 Å². The second-order valence-corrected chi connectivity index (χ2v) is 7.96. The summed E-state index contributed by atoms with van der Waals surface area (Å²) < 4.78 is 5.44. The van der Waals surface area contributed by atoms with Crippen molar-refractivity contribution in [1.29, 1.82) is 0 Å². The van der Waals surface area contributed by atoms with E-state index in [1.165, 1.54) is 0 Å².